The largest absolute Gasteiger partial charge is 0.481 e. The summed E-state index contributed by atoms with van der Waals surface area (Å²) in [6.07, 6.45) is 4.52. The molecule has 1 N–H and O–H groups in total. The minimum atomic E-state index is -0.615. The van der Waals surface area contributed by atoms with Gasteiger partial charge in [-0.1, -0.05) is 49.6 Å². The molecular formula is C16H22O2. The van der Waals surface area contributed by atoms with Crippen molar-refractivity contribution in [2.24, 2.45) is 11.3 Å². The first-order chi connectivity index (χ1) is 8.52. The molecule has 18 heavy (non-hydrogen) atoms. The minimum absolute atomic E-state index is 0.527. The standard InChI is InChI=1S/C16H22O2/c1-12-5-3-7-14(9-12)11-16(15(17)18)8-4-6-13(2)10-16/h3,5,7,9,13H,4,6,8,10-11H2,1-2H3,(H,17,18). The van der Waals surface area contributed by atoms with E-state index in [2.05, 4.69) is 32.0 Å². The number of carbonyl (C=O) groups is 1. The second kappa shape index (κ2) is 5.13. The van der Waals surface area contributed by atoms with Crippen molar-refractivity contribution in [2.45, 2.75) is 46.0 Å². The molecule has 1 aromatic rings. The molecule has 0 heterocycles. The molecule has 2 rings (SSSR count). The van der Waals surface area contributed by atoms with Gasteiger partial charge in [0.1, 0.15) is 0 Å². The van der Waals surface area contributed by atoms with Crippen LogP contribution < -0.4 is 0 Å². The summed E-state index contributed by atoms with van der Waals surface area (Å²) in [6.45, 7) is 4.23. The van der Waals surface area contributed by atoms with Gasteiger partial charge in [-0.15, -0.1) is 0 Å². The molecule has 2 nitrogen and oxygen atoms in total. The number of carboxylic acids is 1. The van der Waals surface area contributed by atoms with Crippen molar-refractivity contribution in [3.63, 3.8) is 0 Å². The molecule has 1 aliphatic carbocycles. The average molecular weight is 246 g/mol. The van der Waals surface area contributed by atoms with Crippen LogP contribution in [0, 0.1) is 18.3 Å². The summed E-state index contributed by atoms with van der Waals surface area (Å²) in [5.41, 5.74) is 1.83. The van der Waals surface area contributed by atoms with Crippen LogP contribution in [-0.4, -0.2) is 11.1 Å². The van der Waals surface area contributed by atoms with Gasteiger partial charge in [0.05, 0.1) is 5.41 Å². The molecule has 2 unspecified atom stereocenters. The van der Waals surface area contributed by atoms with E-state index in [0.29, 0.717) is 12.3 Å². The molecule has 0 radical (unpaired) electrons. The molecule has 1 fully saturated rings. The summed E-state index contributed by atoms with van der Waals surface area (Å²) in [5, 5.41) is 9.64. The molecule has 1 saturated carbocycles. The maximum Gasteiger partial charge on any atom is 0.309 e. The third-order valence-corrected chi connectivity index (χ3v) is 4.17. The molecule has 98 valence electrons. The van der Waals surface area contributed by atoms with E-state index in [0.717, 1.165) is 24.8 Å². The fourth-order valence-corrected chi connectivity index (χ4v) is 3.30. The van der Waals surface area contributed by atoms with Crippen molar-refractivity contribution in [3.05, 3.63) is 35.4 Å². The van der Waals surface area contributed by atoms with Gasteiger partial charge in [-0.3, -0.25) is 4.79 Å². The molecule has 0 aliphatic heterocycles. The number of aryl methyl sites for hydroxylation is 1. The number of carboxylic acid groups (broad SMARTS) is 1. The summed E-state index contributed by atoms with van der Waals surface area (Å²) in [7, 11) is 0. The van der Waals surface area contributed by atoms with Gasteiger partial charge in [0.15, 0.2) is 0 Å². The Labute approximate surface area is 109 Å². The van der Waals surface area contributed by atoms with Crippen LogP contribution in [-0.2, 0) is 11.2 Å². The lowest BCUT2D eigenvalue weighted by molar-refractivity contribution is -0.152. The van der Waals surface area contributed by atoms with Crippen molar-refractivity contribution in [3.8, 4) is 0 Å². The Balaban J connectivity index is 2.23. The van der Waals surface area contributed by atoms with E-state index in [4.69, 9.17) is 0 Å². The molecule has 0 saturated heterocycles. The van der Waals surface area contributed by atoms with Gasteiger partial charge in [0.2, 0.25) is 0 Å². The first-order valence-electron chi connectivity index (χ1n) is 6.81. The second-order valence-electron chi connectivity index (χ2n) is 5.95. The molecule has 1 aromatic carbocycles. The highest BCUT2D eigenvalue weighted by Gasteiger charge is 2.41. The Hall–Kier alpha value is -1.31. The molecular weight excluding hydrogens is 224 g/mol. The van der Waals surface area contributed by atoms with Crippen LogP contribution in [0.25, 0.3) is 0 Å². The molecule has 0 bridgehead atoms. The third kappa shape index (κ3) is 2.74. The first-order valence-corrected chi connectivity index (χ1v) is 6.81. The van der Waals surface area contributed by atoms with Gasteiger partial charge in [0.25, 0.3) is 0 Å². The number of benzene rings is 1. The van der Waals surface area contributed by atoms with E-state index in [1.807, 2.05) is 6.07 Å². The lowest BCUT2D eigenvalue weighted by Gasteiger charge is -2.36. The Morgan fingerprint density at radius 2 is 2.28 bits per heavy atom. The van der Waals surface area contributed by atoms with Gasteiger partial charge in [-0.05, 0) is 37.7 Å². The summed E-state index contributed by atoms with van der Waals surface area (Å²) < 4.78 is 0. The Morgan fingerprint density at radius 3 is 2.89 bits per heavy atom. The highest BCUT2D eigenvalue weighted by molar-refractivity contribution is 5.75. The Kier molecular flexibility index (Phi) is 3.74. The quantitative estimate of drug-likeness (QED) is 0.880. The van der Waals surface area contributed by atoms with Crippen molar-refractivity contribution in [2.75, 3.05) is 0 Å². The average Bonchev–Trinajstić information content (AvgIpc) is 2.28. The normalized spacial score (nSPS) is 28.0. The fraction of sp³-hybridized carbons (Fsp3) is 0.562. The number of rotatable bonds is 3. The van der Waals surface area contributed by atoms with E-state index in [-0.39, 0.29) is 0 Å². The highest BCUT2D eigenvalue weighted by atomic mass is 16.4. The molecule has 0 aromatic heterocycles. The smallest absolute Gasteiger partial charge is 0.309 e. The zero-order valence-electron chi connectivity index (χ0n) is 11.3. The monoisotopic (exact) mass is 246 g/mol. The topological polar surface area (TPSA) is 37.3 Å². The Morgan fingerprint density at radius 1 is 1.50 bits per heavy atom. The molecule has 1 aliphatic rings. The van der Waals surface area contributed by atoms with E-state index >= 15 is 0 Å². The van der Waals surface area contributed by atoms with E-state index in [9.17, 15) is 9.90 Å². The van der Waals surface area contributed by atoms with Gasteiger partial charge < -0.3 is 5.11 Å². The first kappa shape index (κ1) is 13.1. The highest BCUT2D eigenvalue weighted by Crippen LogP contribution is 2.42. The minimum Gasteiger partial charge on any atom is -0.481 e. The predicted octanol–water partition coefficient (Wildman–Crippen LogP) is 3.82. The van der Waals surface area contributed by atoms with E-state index in [1.165, 1.54) is 12.0 Å². The van der Waals surface area contributed by atoms with Crippen molar-refractivity contribution < 1.29 is 9.90 Å². The fourth-order valence-electron chi connectivity index (χ4n) is 3.30. The van der Waals surface area contributed by atoms with Crippen molar-refractivity contribution >= 4 is 5.97 Å². The SMILES string of the molecule is Cc1cccc(CC2(C(=O)O)CCCC(C)C2)c1. The molecule has 0 spiro atoms. The predicted molar refractivity (Wildman–Crippen MR) is 72.6 cm³/mol. The van der Waals surface area contributed by atoms with Crippen molar-refractivity contribution in [1.29, 1.82) is 0 Å². The number of hydrogen-bond acceptors (Lipinski definition) is 1. The molecule has 0 amide bonds. The van der Waals surface area contributed by atoms with Crippen LogP contribution >= 0.6 is 0 Å². The molecule has 2 heteroatoms. The lowest BCUT2D eigenvalue weighted by Crippen LogP contribution is -2.37. The van der Waals surface area contributed by atoms with Crippen molar-refractivity contribution in [1.82, 2.24) is 0 Å². The van der Waals surface area contributed by atoms with Crippen LogP contribution in [0.1, 0.15) is 43.7 Å². The summed E-state index contributed by atoms with van der Waals surface area (Å²) in [5.74, 6) is -0.0878. The van der Waals surface area contributed by atoms with E-state index < -0.39 is 11.4 Å². The van der Waals surface area contributed by atoms with Crippen LogP contribution in [0.15, 0.2) is 24.3 Å². The maximum absolute atomic E-state index is 11.7. The third-order valence-electron chi connectivity index (χ3n) is 4.17. The van der Waals surface area contributed by atoms with E-state index in [1.54, 1.807) is 0 Å². The zero-order valence-corrected chi connectivity index (χ0v) is 11.3. The lowest BCUT2D eigenvalue weighted by atomic mass is 9.67. The van der Waals surface area contributed by atoms with Crippen LogP contribution in [0.5, 0.6) is 0 Å². The van der Waals surface area contributed by atoms with Crippen LogP contribution in [0.4, 0.5) is 0 Å². The number of aliphatic carboxylic acids is 1. The Bertz CT molecular complexity index is 438. The summed E-state index contributed by atoms with van der Waals surface area (Å²) in [6, 6.07) is 8.24. The van der Waals surface area contributed by atoms with Crippen LogP contribution in [0.3, 0.4) is 0 Å². The summed E-state index contributed by atoms with van der Waals surface area (Å²) in [4.78, 5) is 11.7. The van der Waals surface area contributed by atoms with Crippen LogP contribution in [0.2, 0.25) is 0 Å². The second-order valence-corrected chi connectivity index (χ2v) is 5.95. The zero-order chi connectivity index (χ0) is 13.2. The molecule has 2 atom stereocenters. The number of hydrogen-bond donors (Lipinski definition) is 1. The van der Waals surface area contributed by atoms with Gasteiger partial charge >= 0.3 is 5.97 Å². The van der Waals surface area contributed by atoms with Gasteiger partial charge in [0, 0.05) is 0 Å². The summed E-state index contributed by atoms with van der Waals surface area (Å²) >= 11 is 0. The van der Waals surface area contributed by atoms with Gasteiger partial charge in [-0.25, -0.2) is 0 Å². The maximum atomic E-state index is 11.7. The van der Waals surface area contributed by atoms with Gasteiger partial charge in [-0.2, -0.15) is 0 Å².